The third-order valence-corrected chi connectivity index (χ3v) is 2.00. The molecule has 5 heteroatoms. The minimum atomic E-state index is -0.751. The Morgan fingerprint density at radius 3 is 2.93 bits per heavy atom. The van der Waals surface area contributed by atoms with Crippen molar-refractivity contribution in [3.05, 3.63) is 24.2 Å². The molecule has 14 heavy (non-hydrogen) atoms. The third-order valence-electron chi connectivity index (χ3n) is 2.00. The van der Waals surface area contributed by atoms with Crippen molar-refractivity contribution in [3.8, 4) is 0 Å². The van der Waals surface area contributed by atoms with E-state index in [1.54, 1.807) is 12.1 Å². The van der Waals surface area contributed by atoms with Crippen molar-refractivity contribution in [1.29, 1.82) is 0 Å². The van der Waals surface area contributed by atoms with Gasteiger partial charge in [0.2, 0.25) is 6.10 Å². The highest BCUT2D eigenvalue weighted by molar-refractivity contribution is 5.90. The van der Waals surface area contributed by atoms with Gasteiger partial charge in [-0.3, -0.25) is 9.59 Å². The van der Waals surface area contributed by atoms with Crippen molar-refractivity contribution in [1.82, 2.24) is 5.32 Å². The number of carbonyl (C=O) groups excluding carboxylic acids is 2. The smallest absolute Gasteiger partial charge is 0.303 e. The molecule has 2 heterocycles. The lowest BCUT2D eigenvalue weighted by Gasteiger charge is -2.33. The molecule has 0 aromatic carbocycles. The van der Waals surface area contributed by atoms with Gasteiger partial charge in [-0.15, -0.1) is 0 Å². The van der Waals surface area contributed by atoms with Crippen LogP contribution in [0.4, 0.5) is 0 Å². The summed E-state index contributed by atoms with van der Waals surface area (Å²) in [6.45, 7) is 1.27. The zero-order valence-corrected chi connectivity index (χ0v) is 7.52. The summed E-state index contributed by atoms with van der Waals surface area (Å²) in [5.41, 5.74) is 0. The first-order chi connectivity index (χ1) is 6.68. The molecule has 0 saturated carbocycles. The van der Waals surface area contributed by atoms with Gasteiger partial charge in [0.05, 0.1) is 6.26 Å². The maximum absolute atomic E-state index is 11.0. The summed E-state index contributed by atoms with van der Waals surface area (Å²) in [7, 11) is 0. The molecule has 1 amide bonds. The monoisotopic (exact) mass is 195 g/mol. The van der Waals surface area contributed by atoms with Gasteiger partial charge in [0.1, 0.15) is 11.8 Å². The highest BCUT2D eigenvalue weighted by atomic mass is 16.6. The second-order valence-electron chi connectivity index (χ2n) is 3.03. The molecule has 0 aliphatic carbocycles. The summed E-state index contributed by atoms with van der Waals surface area (Å²) in [4.78, 5) is 21.7. The standard InChI is InChI=1S/C9H9NO4/c1-5(11)14-8-7(10-9(8)12)6-3-2-4-13-6/h2-4,7-8H,1H3,(H,10,12)/t7-,8+/m0/s1. The molecule has 0 bridgehead atoms. The lowest BCUT2D eigenvalue weighted by Crippen LogP contribution is -2.57. The first kappa shape index (κ1) is 8.80. The molecule has 1 aliphatic heterocycles. The number of rotatable bonds is 2. The van der Waals surface area contributed by atoms with Gasteiger partial charge >= 0.3 is 5.97 Å². The molecule has 0 radical (unpaired) electrons. The van der Waals surface area contributed by atoms with E-state index in [4.69, 9.17) is 9.15 Å². The molecule has 0 spiro atoms. The van der Waals surface area contributed by atoms with Crippen LogP contribution >= 0.6 is 0 Å². The number of furan rings is 1. The Balaban J connectivity index is 2.08. The number of carbonyl (C=O) groups is 2. The van der Waals surface area contributed by atoms with E-state index in [2.05, 4.69) is 5.32 Å². The number of β-lactam (4-membered cyclic amide) rings is 1. The molecule has 1 aromatic rings. The zero-order valence-electron chi connectivity index (χ0n) is 7.52. The van der Waals surface area contributed by atoms with E-state index >= 15 is 0 Å². The lowest BCUT2D eigenvalue weighted by molar-refractivity contribution is -0.165. The van der Waals surface area contributed by atoms with E-state index in [1.807, 2.05) is 0 Å². The van der Waals surface area contributed by atoms with Gasteiger partial charge in [-0.2, -0.15) is 0 Å². The molecule has 1 N–H and O–H groups in total. The fourth-order valence-corrected chi connectivity index (χ4v) is 1.36. The van der Waals surface area contributed by atoms with E-state index in [0.29, 0.717) is 5.76 Å². The first-order valence-electron chi connectivity index (χ1n) is 4.19. The van der Waals surface area contributed by atoms with Crippen LogP contribution < -0.4 is 5.32 Å². The SMILES string of the molecule is CC(=O)O[C@H]1C(=O)N[C@H]1c1ccco1. The quantitative estimate of drug-likeness (QED) is 0.547. The third kappa shape index (κ3) is 1.37. The summed E-state index contributed by atoms with van der Waals surface area (Å²) < 4.78 is 9.92. The van der Waals surface area contributed by atoms with Gasteiger partial charge in [0.25, 0.3) is 5.91 Å². The van der Waals surface area contributed by atoms with Crippen molar-refractivity contribution in [3.63, 3.8) is 0 Å². The van der Waals surface area contributed by atoms with Crippen LogP contribution in [0.25, 0.3) is 0 Å². The Morgan fingerprint density at radius 2 is 2.43 bits per heavy atom. The number of nitrogens with one attached hydrogen (secondary N) is 1. The van der Waals surface area contributed by atoms with Gasteiger partial charge < -0.3 is 14.5 Å². The predicted octanol–water partition coefficient (Wildman–Crippen LogP) is 0.382. The van der Waals surface area contributed by atoms with Gasteiger partial charge in [-0.05, 0) is 12.1 Å². The molecule has 74 valence electrons. The highest BCUT2D eigenvalue weighted by Gasteiger charge is 2.44. The molecular formula is C9H9NO4. The average Bonchev–Trinajstić information content (AvgIpc) is 2.62. The number of hydrogen-bond acceptors (Lipinski definition) is 4. The van der Waals surface area contributed by atoms with Crippen molar-refractivity contribution in [2.75, 3.05) is 0 Å². The summed E-state index contributed by atoms with van der Waals surface area (Å²) in [6.07, 6.45) is 0.753. The summed E-state index contributed by atoms with van der Waals surface area (Å²) in [6, 6.07) is 3.09. The Morgan fingerprint density at radius 1 is 1.64 bits per heavy atom. The number of amides is 1. The van der Waals surface area contributed by atoms with Gasteiger partial charge in [-0.25, -0.2) is 0 Å². The largest absolute Gasteiger partial charge is 0.467 e. The van der Waals surface area contributed by atoms with Crippen molar-refractivity contribution < 1.29 is 18.7 Å². The van der Waals surface area contributed by atoms with Crippen molar-refractivity contribution >= 4 is 11.9 Å². The van der Waals surface area contributed by atoms with Crippen LogP contribution in [0, 0.1) is 0 Å². The van der Waals surface area contributed by atoms with Gasteiger partial charge in [-0.1, -0.05) is 0 Å². The van der Waals surface area contributed by atoms with Crippen LogP contribution in [0.5, 0.6) is 0 Å². The van der Waals surface area contributed by atoms with Crippen LogP contribution in [0.1, 0.15) is 18.7 Å². The van der Waals surface area contributed by atoms with Gasteiger partial charge in [0.15, 0.2) is 0 Å². The zero-order chi connectivity index (χ0) is 10.1. The topological polar surface area (TPSA) is 68.5 Å². The van der Waals surface area contributed by atoms with Crippen molar-refractivity contribution in [2.24, 2.45) is 0 Å². The second-order valence-corrected chi connectivity index (χ2v) is 3.03. The summed E-state index contributed by atoms with van der Waals surface area (Å²) in [5.74, 6) is -0.168. The van der Waals surface area contributed by atoms with E-state index < -0.39 is 12.1 Å². The molecule has 0 unspecified atom stereocenters. The maximum atomic E-state index is 11.0. The van der Waals surface area contributed by atoms with Crippen molar-refractivity contribution in [2.45, 2.75) is 19.1 Å². The van der Waals surface area contributed by atoms with E-state index in [1.165, 1.54) is 13.2 Å². The molecule has 2 rings (SSSR count). The van der Waals surface area contributed by atoms with E-state index in [0.717, 1.165) is 0 Å². The maximum Gasteiger partial charge on any atom is 0.303 e. The van der Waals surface area contributed by atoms with Crippen LogP contribution in [0.2, 0.25) is 0 Å². The lowest BCUT2D eigenvalue weighted by atomic mass is 10.00. The molecule has 1 saturated heterocycles. The van der Waals surface area contributed by atoms with E-state index in [-0.39, 0.29) is 11.9 Å². The minimum absolute atomic E-state index is 0.290. The fourth-order valence-electron chi connectivity index (χ4n) is 1.36. The summed E-state index contributed by atoms with van der Waals surface area (Å²) >= 11 is 0. The Labute approximate surface area is 80.0 Å². The normalized spacial score (nSPS) is 25.1. The number of esters is 1. The van der Waals surface area contributed by atoms with E-state index in [9.17, 15) is 9.59 Å². The fraction of sp³-hybridized carbons (Fsp3) is 0.333. The number of hydrogen-bond donors (Lipinski definition) is 1. The molecular weight excluding hydrogens is 186 g/mol. The Kier molecular flexibility index (Phi) is 1.99. The summed E-state index contributed by atoms with van der Waals surface area (Å²) in [5, 5.41) is 2.59. The average molecular weight is 195 g/mol. The highest BCUT2D eigenvalue weighted by Crippen LogP contribution is 2.27. The molecule has 1 aromatic heterocycles. The van der Waals surface area contributed by atoms with Crippen LogP contribution in [-0.4, -0.2) is 18.0 Å². The molecule has 1 fully saturated rings. The second kappa shape index (κ2) is 3.17. The molecule has 1 aliphatic rings. The Bertz CT molecular complexity index is 357. The Hall–Kier alpha value is -1.78. The number of ether oxygens (including phenoxy) is 1. The predicted molar refractivity (Wildman–Crippen MR) is 45.1 cm³/mol. The van der Waals surface area contributed by atoms with Crippen LogP contribution in [0.15, 0.2) is 22.8 Å². The van der Waals surface area contributed by atoms with Gasteiger partial charge in [0, 0.05) is 6.92 Å². The first-order valence-corrected chi connectivity index (χ1v) is 4.19. The molecule has 5 nitrogen and oxygen atoms in total. The minimum Gasteiger partial charge on any atom is -0.467 e. The molecule has 2 atom stereocenters. The van der Waals surface area contributed by atoms with Crippen LogP contribution in [0.3, 0.4) is 0 Å². The van der Waals surface area contributed by atoms with Crippen LogP contribution in [-0.2, 0) is 14.3 Å².